The molecule has 0 unspecified atom stereocenters. The van der Waals surface area contributed by atoms with Crippen molar-refractivity contribution in [1.82, 2.24) is 20.1 Å². The summed E-state index contributed by atoms with van der Waals surface area (Å²) in [6.45, 7) is 0.564. The van der Waals surface area contributed by atoms with Gasteiger partial charge in [-0.3, -0.25) is 4.79 Å². The smallest absolute Gasteiger partial charge is 0.253 e. The fourth-order valence-corrected chi connectivity index (χ4v) is 5.22. The first kappa shape index (κ1) is 19.0. The third kappa shape index (κ3) is 4.51. The zero-order chi connectivity index (χ0) is 17.8. The molecule has 0 saturated heterocycles. The van der Waals surface area contributed by atoms with E-state index >= 15 is 0 Å². The Balaban J connectivity index is 1.55. The van der Waals surface area contributed by atoms with Crippen LogP contribution in [-0.2, 0) is 6.42 Å². The fourth-order valence-electron chi connectivity index (χ4n) is 3.18. The SMILES string of the molecule is CSc1nnc(CCCNC(=O)c2cc(Cl)sc2Cl)n1C1CCCC1. The molecule has 3 rings (SSSR count). The van der Waals surface area contributed by atoms with Crippen molar-refractivity contribution in [3.63, 3.8) is 0 Å². The van der Waals surface area contributed by atoms with Crippen LogP contribution in [0.5, 0.6) is 0 Å². The lowest BCUT2D eigenvalue weighted by molar-refractivity contribution is 0.0953. The van der Waals surface area contributed by atoms with E-state index in [1.807, 2.05) is 6.26 Å². The molecule has 1 amide bonds. The van der Waals surface area contributed by atoms with E-state index in [0.717, 1.165) is 23.8 Å². The Morgan fingerprint density at radius 1 is 1.40 bits per heavy atom. The molecule has 1 aliphatic rings. The van der Waals surface area contributed by atoms with E-state index in [4.69, 9.17) is 23.2 Å². The van der Waals surface area contributed by atoms with Crippen molar-refractivity contribution < 1.29 is 4.79 Å². The minimum absolute atomic E-state index is 0.185. The largest absolute Gasteiger partial charge is 0.352 e. The maximum atomic E-state index is 12.1. The number of carbonyl (C=O) groups is 1. The molecule has 0 aliphatic heterocycles. The van der Waals surface area contributed by atoms with E-state index in [9.17, 15) is 4.79 Å². The highest BCUT2D eigenvalue weighted by atomic mass is 35.5. The molecule has 1 fully saturated rings. The molecular weight excluding hydrogens is 399 g/mol. The van der Waals surface area contributed by atoms with Gasteiger partial charge in [-0.05, 0) is 31.6 Å². The number of nitrogens with zero attached hydrogens (tertiary/aromatic N) is 3. The number of hydrogen-bond donors (Lipinski definition) is 1. The van der Waals surface area contributed by atoms with Crippen molar-refractivity contribution in [2.75, 3.05) is 12.8 Å². The summed E-state index contributed by atoms with van der Waals surface area (Å²) in [5, 5.41) is 12.6. The van der Waals surface area contributed by atoms with Crippen LogP contribution in [0.25, 0.3) is 0 Å². The summed E-state index contributed by atoms with van der Waals surface area (Å²) in [5.74, 6) is 0.831. The van der Waals surface area contributed by atoms with E-state index < -0.39 is 0 Å². The summed E-state index contributed by atoms with van der Waals surface area (Å²) in [6.07, 6.45) is 8.59. The molecule has 0 radical (unpaired) electrons. The lowest BCUT2D eigenvalue weighted by atomic mass is 10.2. The average molecular weight is 419 g/mol. The molecule has 0 aromatic carbocycles. The topological polar surface area (TPSA) is 59.8 Å². The Kier molecular flexibility index (Phi) is 6.66. The maximum absolute atomic E-state index is 12.1. The van der Waals surface area contributed by atoms with Crippen molar-refractivity contribution in [2.45, 2.75) is 49.7 Å². The molecule has 2 aromatic rings. The van der Waals surface area contributed by atoms with Gasteiger partial charge in [0.2, 0.25) is 0 Å². The second kappa shape index (κ2) is 8.75. The number of carbonyl (C=O) groups excluding carboxylic acids is 1. The predicted octanol–water partition coefficient (Wildman–Crippen LogP) is 4.85. The summed E-state index contributed by atoms with van der Waals surface area (Å²) in [6, 6.07) is 2.12. The molecule has 1 saturated carbocycles. The molecule has 1 N–H and O–H groups in total. The van der Waals surface area contributed by atoms with Crippen LogP contribution in [0.15, 0.2) is 11.2 Å². The summed E-state index contributed by atoms with van der Waals surface area (Å²) < 4.78 is 3.24. The average Bonchev–Trinajstić information content (AvgIpc) is 3.30. The van der Waals surface area contributed by atoms with E-state index in [2.05, 4.69) is 20.1 Å². The molecule has 5 nitrogen and oxygen atoms in total. The van der Waals surface area contributed by atoms with E-state index in [0.29, 0.717) is 26.8 Å². The van der Waals surface area contributed by atoms with Crippen LogP contribution in [0.4, 0.5) is 0 Å². The van der Waals surface area contributed by atoms with Crippen molar-refractivity contribution in [2.24, 2.45) is 0 Å². The molecule has 0 atom stereocenters. The molecule has 1 aliphatic carbocycles. The number of aryl methyl sites for hydroxylation is 1. The van der Waals surface area contributed by atoms with Gasteiger partial charge in [0.25, 0.3) is 5.91 Å². The lowest BCUT2D eigenvalue weighted by Gasteiger charge is -2.16. The highest BCUT2D eigenvalue weighted by Crippen LogP contribution is 2.33. The van der Waals surface area contributed by atoms with Crippen LogP contribution < -0.4 is 5.32 Å². The highest BCUT2D eigenvalue weighted by Gasteiger charge is 2.23. The van der Waals surface area contributed by atoms with Crippen molar-refractivity contribution in [1.29, 1.82) is 0 Å². The molecule has 9 heteroatoms. The summed E-state index contributed by atoms with van der Waals surface area (Å²) >= 11 is 14.7. The van der Waals surface area contributed by atoms with Crippen LogP contribution in [0.2, 0.25) is 8.67 Å². The molecule has 0 bridgehead atoms. The monoisotopic (exact) mass is 418 g/mol. The third-order valence-corrected chi connectivity index (χ3v) is 6.50. The Morgan fingerprint density at radius 2 is 2.16 bits per heavy atom. The quantitative estimate of drug-likeness (QED) is 0.515. The number of thiophene rings is 1. The van der Waals surface area contributed by atoms with Crippen molar-refractivity contribution in [3.8, 4) is 0 Å². The zero-order valence-corrected chi connectivity index (χ0v) is 17.1. The first-order valence-corrected chi connectivity index (χ1v) is 11.1. The van der Waals surface area contributed by atoms with Gasteiger partial charge in [-0.25, -0.2) is 0 Å². The third-order valence-electron chi connectivity index (χ3n) is 4.37. The van der Waals surface area contributed by atoms with Crippen LogP contribution in [0.1, 0.15) is 54.3 Å². The minimum atomic E-state index is -0.185. The van der Waals surface area contributed by atoms with Gasteiger partial charge in [0.05, 0.1) is 9.90 Å². The Hall–Kier alpha value is -0.760. The van der Waals surface area contributed by atoms with Gasteiger partial charge in [0.1, 0.15) is 10.2 Å². The molecule has 0 spiro atoms. The van der Waals surface area contributed by atoms with Crippen molar-refractivity contribution >= 4 is 52.2 Å². The number of nitrogens with one attached hydrogen (secondary N) is 1. The van der Waals surface area contributed by atoms with E-state index in [-0.39, 0.29) is 5.91 Å². The van der Waals surface area contributed by atoms with Crippen LogP contribution in [0, 0.1) is 0 Å². The van der Waals surface area contributed by atoms with E-state index in [1.165, 1.54) is 37.0 Å². The fraction of sp³-hybridized carbons (Fsp3) is 0.562. The molecule has 2 heterocycles. The number of halogens is 2. The normalized spacial score (nSPS) is 15.0. The van der Waals surface area contributed by atoms with Gasteiger partial charge in [-0.2, -0.15) is 0 Å². The second-order valence-electron chi connectivity index (χ2n) is 6.01. The number of amides is 1. The predicted molar refractivity (Wildman–Crippen MR) is 104 cm³/mol. The minimum Gasteiger partial charge on any atom is -0.352 e. The van der Waals surface area contributed by atoms with Crippen LogP contribution >= 0.6 is 46.3 Å². The molecule has 2 aromatic heterocycles. The van der Waals surface area contributed by atoms with Gasteiger partial charge in [0, 0.05) is 19.0 Å². The molecule has 136 valence electrons. The van der Waals surface area contributed by atoms with Gasteiger partial charge in [-0.15, -0.1) is 21.5 Å². The van der Waals surface area contributed by atoms with Gasteiger partial charge < -0.3 is 9.88 Å². The summed E-state index contributed by atoms with van der Waals surface area (Å²) in [5.41, 5.74) is 0.440. The van der Waals surface area contributed by atoms with E-state index in [1.54, 1.807) is 17.8 Å². The second-order valence-corrected chi connectivity index (χ2v) is 9.07. The van der Waals surface area contributed by atoms with Gasteiger partial charge >= 0.3 is 0 Å². The van der Waals surface area contributed by atoms with Crippen LogP contribution in [0.3, 0.4) is 0 Å². The number of thioether (sulfide) groups is 1. The lowest BCUT2D eigenvalue weighted by Crippen LogP contribution is -2.25. The Morgan fingerprint density at radius 3 is 2.80 bits per heavy atom. The van der Waals surface area contributed by atoms with Crippen molar-refractivity contribution in [3.05, 3.63) is 26.1 Å². The number of hydrogen-bond acceptors (Lipinski definition) is 5. The highest BCUT2D eigenvalue weighted by molar-refractivity contribution is 7.98. The molecular formula is C16H20Cl2N4OS2. The summed E-state index contributed by atoms with van der Waals surface area (Å²) in [4.78, 5) is 12.1. The Labute approximate surface area is 165 Å². The molecule has 25 heavy (non-hydrogen) atoms. The van der Waals surface area contributed by atoms with Crippen LogP contribution in [-0.4, -0.2) is 33.5 Å². The first-order chi connectivity index (χ1) is 12.1. The Bertz CT molecular complexity index is 741. The standard InChI is InChI=1S/C16H20Cl2N4OS2/c1-24-16-21-20-13(22(16)10-5-2-3-6-10)7-4-8-19-15(23)11-9-12(17)25-14(11)18/h9-10H,2-8H2,1H3,(H,19,23). The maximum Gasteiger partial charge on any atom is 0.253 e. The number of aromatic nitrogens is 3. The summed E-state index contributed by atoms with van der Waals surface area (Å²) in [7, 11) is 0. The van der Waals surface area contributed by atoms with Gasteiger partial charge in [-0.1, -0.05) is 47.8 Å². The number of rotatable bonds is 7. The zero-order valence-electron chi connectivity index (χ0n) is 13.9. The first-order valence-electron chi connectivity index (χ1n) is 8.31. The van der Waals surface area contributed by atoms with Gasteiger partial charge in [0.15, 0.2) is 5.16 Å².